The molecule has 4 rings (SSSR count). The fraction of sp³-hybridized carbons (Fsp3) is 0.350. The van der Waals surface area contributed by atoms with Crippen LogP contribution in [-0.2, 0) is 4.79 Å². The molecule has 3 atom stereocenters. The number of aliphatic carboxylic acids is 1. The molecule has 0 spiro atoms. The summed E-state index contributed by atoms with van der Waals surface area (Å²) in [4.78, 5) is 11.6. The van der Waals surface area contributed by atoms with Gasteiger partial charge in [-0.15, -0.1) is 0 Å². The number of hydrogen-bond acceptors (Lipinski definition) is 1. The molecule has 1 N–H and O–H groups in total. The molecule has 1 aromatic carbocycles. The van der Waals surface area contributed by atoms with Crippen LogP contribution in [0.3, 0.4) is 0 Å². The van der Waals surface area contributed by atoms with Gasteiger partial charge in [0.25, 0.3) is 0 Å². The minimum atomic E-state index is -0.918. The van der Waals surface area contributed by atoms with E-state index in [0.29, 0.717) is 11.8 Å². The number of carbonyl (C=O) groups is 1. The van der Waals surface area contributed by atoms with Crippen LogP contribution in [0.5, 0.6) is 0 Å². The molecule has 2 nitrogen and oxygen atoms in total. The Morgan fingerprint density at radius 2 is 1.86 bits per heavy atom. The van der Waals surface area contributed by atoms with Gasteiger partial charge in [0.15, 0.2) is 0 Å². The van der Waals surface area contributed by atoms with Crippen LogP contribution in [0.25, 0.3) is 5.57 Å². The van der Waals surface area contributed by atoms with Crippen LogP contribution >= 0.6 is 0 Å². The summed E-state index contributed by atoms with van der Waals surface area (Å²) in [7, 11) is 0. The van der Waals surface area contributed by atoms with E-state index in [2.05, 4.69) is 30.3 Å². The summed E-state index contributed by atoms with van der Waals surface area (Å²) in [5.74, 6) is 0.417. The quantitative estimate of drug-likeness (QED) is 0.824. The number of hydrogen-bond donors (Lipinski definition) is 1. The van der Waals surface area contributed by atoms with Crippen molar-refractivity contribution in [2.75, 3.05) is 0 Å². The lowest BCUT2D eigenvalue weighted by molar-refractivity contribution is -0.142. The SMILES string of the molecule is CC1(C(=O)O)C=CC2=C(C=C1)C1CCC(C1)c1ccccc12. The van der Waals surface area contributed by atoms with Crippen molar-refractivity contribution >= 4 is 11.5 Å². The van der Waals surface area contributed by atoms with Gasteiger partial charge in [-0.25, -0.2) is 0 Å². The standard InChI is InChI=1S/C20H20O2/c1-20(19(21)22)10-8-16-14-7-6-13(12-14)15-4-2-3-5-17(15)18(16)9-11-20/h2-5,8-11,13-14H,6-7,12H2,1H3,(H,21,22). The molecule has 0 radical (unpaired) electrons. The molecule has 2 heteroatoms. The maximum atomic E-state index is 11.6. The Morgan fingerprint density at radius 3 is 2.68 bits per heavy atom. The zero-order chi connectivity index (χ0) is 15.3. The molecule has 0 aliphatic heterocycles. The normalized spacial score (nSPS) is 32.2. The number of benzene rings is 1. The Hall–Kier alpha value is -2.09. The van der Waals surface area contributed by atoms with Gasteiger partial charge in [-0.1, -0.05) is 48.6 Å². The Morgan fingerprint density at radius 1 is 1.14 bits per heavy atom. The first-order valence-electron chi connectivity index (χ1n) is 8.04. The second-order valence-corrected chi connectivity index (χ2v) is 6.92. The van der Waals surface area contributed by atoms with Crippen molar-refractivity contribution in [3.8, 4) is 0 Å². The first-order chi connectivity index (χ1) is 10.6. The van der Waals surface area contributed by atoms with Gasteiger partial charge in [-0.3, -0.25) is 4.79 Å². The Labute approximate surface area is 130 Å². The van der Waals surface area contributed by atoms with Crippen LogP contribution in [-0.4, -0.2) is 11.1 Å². The van der Waals surface area contributed by atoms with Gasteiger partial charge in [0.05, 0.1) is 0 Å². The van der Waals surface area contributed by atoms with Crippen molar-refractivity contribution < 1.29 is 9.90 Å². The van der Waals surface area contributed by atoms with E-state index in [1.54, 1.807) is 6.92 Å². The van der Waals surface area contributed by atoms with Crippen LogP contribution < -0.4 is 0 Å². The maximum absolute atomic E-state index is 11.6. The lowest BCUT2D eigenvalue weighted by Crippen LogP contribution is -2.22. The first-order valence-corrected chi connectivity index (χ1v) is 8.04. The molecule has 3 unspecified atom stereocenters. The number of rotatable bonds is 1. The maximum Gasteiger partial charge on any atom is 0.317 e. The highest BCUT2D eigenvalue weighted by molar-refractivity contribution is 5.86. The summed E-state index contributed by atoms with van der Waals surface area (Å²) in [6.07, 6.45) is 11.5. The summed E-state index contributed by atoms with van der Waals surface area (Å²) in [6.45, 7) is 1.76. The molecule has 0 amide bonds. The van der Waals surface area contributed by atoms with Crippen molar-refractivity contribution in [3.63, 3.8) is 0 Å². The van der Waals surface area contributed by atoms with Crippen LogP contribution in [0.2, 0.25) is 0 Å². The molecular formula is C20H20O2. The van der Waals surface area contributed by atoms with Gasteiger partial charge in [-0.2, -0.15) is 0 Å². The zero-order valence-electron chi connectivity index (χ0n) is 12.8. The molecule has 0 aromatic heterocycles. The molecule has 2 bridgehead atoms. The summed E-state index contributed by atoms with van der Waals surface area (Å²) in [5.41, 5.74) is 4.36. The average Bonchev–Trinajstić information content (AvgIpc) is 2.86. The Bertz CT molecular complexity index is 738. The largest absolute Gasteiger partial charge is 0.480 e. The van der Waals surface area contributed by atoms with Crippen molar-refractivity contribution in [3.05, 3.63) is 65.3 Å². The summed E-state index contributed by atoms with van der Waals surface area (Å²) in [6, 6.07) is 8.64. The van der Waals surface area contributed by atoms with Gasteiger partial charge in [0, 0.05) is 0 Å². The number of carboxylic acid groups (broad SMARTS) is 1. The van der Waals surface area contributed by atoms with Crippen molar-refractivity contribution in [2.24, 2.45) is 11.3 Å². The molecule has 3 aliphatic carbocycles. The molecule has 0 heterocycles. The third-order valence-electron chi connectivity index (χ3n) is 5.54. The number of carboxylic acids is 1. The van der Waals surface area contributed by atoms with Gasteiger partial charge >= 0.3 is 5.97 Å². The van der Waals surface area contributed by atoms with Crippen LogP contribution in [0.15, 0.2) is 54.1 Å². The molecule has 3 aliphatic rings. The van der Waals surface area contributed by atoms with E-state index < -0.39 is 11.4 Å². The summed E-state index contributed by atoms with van der Waals surface area (Å²) < 4.78 is 0. The predicted molar refractivity (Wildman–Crippen MR) is 87.5 cm³/mol. The summed E-state index contributed by atoms with van der Waals surface area (Å²) >= 11 is 0. The Balaban J connectivity index is 1.92. The van der Waals surface area contributed by atoms with E-state index in [1.165, 1.54) is 41.5 Å². The van der Waals surface area contributed by atoms with Crippen molar-refractivity contribution in [1.82, 2.24) is 0 Å². The average molecular weight is 292 g/mol. The van der Waals surface area contributed by atoms with Gasteiger partial charge in [0.1, 0.15) is 5.41 Å². The van der Waals surface area contributed by atoms with Crippen LogP contribution in [0, 0.1) is 11.3 Å². The Kier molecular flexibility index (Phi) is 2.90. The smallest absolute Gasteiger partial charge is 0.317 e. The van der Waals surface area contributed by atoms with Gasteiger partial charge in [0.2, 0.25) is 0 Å². The molecule has 22 heavy (non-hydrogen) atoms. The topological polar surface area (TPSA) is 37.3 Å². The highest BCUT2D eigenvalue weighted by Gasteiger charge is 2.36. The fourth-order valence-corrected chi connectivity index (χ4v) is 4.15. The van der Waals surface area contributed by atoms with E-state index in [4.69, 9.17) is 0 Å². The van der Waals surface area contributed by atoms with E-state index in [1.807, 2.05) is 18.2 Å². The van der Waals surface area contributed by atoms with E-state index in [9.17, 15) is 9.90 Å². The first kappa shape index (κ1) is 13.6. The minimum Gasteiger partial charge on any atom is -0.480 e. The van der Waals surface area contributed by atoms with Gasteiger partial charge in [-0.05, 0) is 60.3 Å². The highest BCUT2D eigenvalue weighted by atomic mass is 16.4. The van der Waals surface area contributed by atoms with Gasteiger partial charge < -0.3 is 5.11 Å². The third-order valence-corrected chi connectivity index (χ3v) is 5.54. The van der Waals surface area contributed by atoms with Crippen LogP contribution in [0.4, 0.5) is 0 Å². The van der Waals surface area contributed by atoms with E-state index in [0.717, 1.165) is 0 Å². The summed E-state index contributed by atoms with van der Waals surface area (Å²) in [5, 5.41) is 9.52. The molecule has 0 saturated heterocycles. The second-order valence-electron chi connectivity index (χ2n) is 6.92. The number of fused-ring (bicyclic) bond motifs is 6. The molecule has 1 fully saturated rings. The lowest BCUT2D eigenvalue weighted by atomic mass is 9.88. The van der Waals surface area contributed by atoms with Crippen LogP contribution in [0.1, 0.15) is 43.2 Å². The monoisotopic (exact) mass is 292 g/mol. The predicted octanol–water partition coefficient (Wildman–Crippen LogP) is 4.55. The zero-order valence-corrected chi connectivity index (χ0v) is 12.8. The second kappa shape index (κ2) is 4.70. The van der Waals surface area contributed by atoms with Crippen molar-refractivity contribution in [2.45, 2.75) is 32.1 Å². The van der Waals surface area contributed by atoms with E-state index in [-0.39, 0.29) is 0 Å². The molecule has 112 valence electrons. The van der Waals surface area contributed by atoms with Crippen molar-refractivity contribution in [1.29, 1.82) is 0 Å². The molecule has 1 saturated carbocycles. The van der Waals surface area contributed by atoms with E-state index >= 15 is 0 Å². The third kappa shape index (κ3) is 1.90. The minimum absolute atomic E-state index is 0.560. The fourth-order valence-electron chi connectivity index (χ4n) is 4.15. The lowest BCUT2D eigenvalue weighted by Gasteiger charge is -2.17. The molecule has 1 aromatic rings. The highest BCUT2D eigenvalue weighted by Crippen LogP contribution is 2.50. The number of allylic oxidation sites excluding steroid dienone is 4. The molecular weight excluding hydrogens is 272 g/mol.